The molecule has 0 saturated carbocycles. The monoisotopic (exact) mass is 418 g/mol. The molecule has 0 fully saturated rings. The van der Waals surface area contributed by atoms with Crippen LogP contribution < -0.4 is 20.5 Å². The summed E-state index contributed by atoms with van der Waals surface area (Å²) in [6, 6.07) is 19.9. The fourth-order valence-corrected chi connectivity index (χ4v) is 3.15. The molecule has 4 aromatic rings. The van der Waals surface area contributed by atoms with Gasteiger partial charge in [-0.15, -0.1) is 5.10 Å². The van der Waals surface area contributed by atoms with E-state index in [0.717, 1.165) is 11.3 Å². The minimum atomic E-state index is -0.208. The highest BCUT2D eigenvalue weighted by atomic mass is 16.5. The topological polar surface area (TPSA) is 86.9 Å². The summed E-state index contributed by atoms with van der Waals surface area (Å²) in [6.45, 7) is 0.569. The Kier molecular flexibility index (Phi) is 5.98. The zero-order chi connectivity index (χ0) is 21.6. The van der Waals surface area contributed by atoms with Crippen LogP contribution in [0.25, 0.3) is 5.65 Å². The van der Waals surface area contributed by atoms with Crippen molar-refractivity contribution in [2.24, 2.45) is 0 Å². The van der Waals surface area contributed by atoms with Crippen molar-refractivity contribution < 1.29 is 14.3 Å². The van der Waals surface area contributed by atoms with Gasteiger partial charge in [-0.25, -0.2) is 9.48 Å². The number of carbonyl (C=O) groups excluding carboxylic acids is 1. The van der Waals surface area contributed by atoms with Gasteiger partial charge >= 0.3 is 5.69 Å². The summed E-state index contributed by atoms with van der Waals surface area (Å²) >= 11 is 0. The van der Waals surface area contributed by atoms with Crippen molar-refractivity contribution in [2.45, 2.75) is 13.0 Å². The first kappa shape index (κ1) is 20.2. The number of anilines is 1. The van der Waals surface area contributed by atoms with Crippen molar-refractivity contribution in [3.63, 3.8) is 0 Å². The second kappa shape index (κ2) is 9.17. The summed E-state index contributed by atoms with van der Waals surface area (Å²) in [4.78, 5) is 24.7. The first-order valence-electron chi connectivity index (χ1n) is 9.82. The molecule has 8 nitrogen and oxygen atoms in total. The standard InChI is InChI=1S/C23H22N4O4/c1-30-19-8-10-20(11-9-19)31-14-12-22(28)24-18-6-4-5-17(15-18)16-27-23(29)26-13-3-2-7-21(26)25-27/h2-11,13,15H,12,14,16H2,1H3,(H,24,28). The van der Waals surface area contributed by atoms with Gasteiger partial charge in [-0.2, -0.15) is 0 Å². The Hall–Kier alpha value is -4.07. The number of rotatable bonds is 8. The number of nitrogens with one attached hydrogen (secondary N) is 1. The lowest BCUT2D eigenvalue weighted by Crippen LogP contribution is -2.21. The molecule has 0 radical (unpaired) electrons. The number of hydrogen-bond donors (Lipinski definition) is 1. The average Bonchev–Trinajstić information content (AvgIpc) is 3.10. The maximum atomic E-state index is 12.4. The van der Waals surface area contributed by atoms with E-state index >= 15 is 0 Å². The molecule has 0 aliphatic carbocycles. The fourth-order valence-electron chi connectivity index (χ4n) is 3.15. The summed E-state index contributed by atoms with van der Waals surface area (Å²) in [5, 5.41) is 7.20. The molecule has 0 spiro atoms. The van der Waals surface area contributed by atoms with Gasteiger partial charge in [0.25, 0.3) is 0 Å². The Morgan fingerprint density at radius 2 is 1.84 bits per heavy atom. The van der Waals surface area contributed by atoms with Gasteiger partial charge in [0.2, 0.25) is 5.91 Å². The van der Waals surface area contributed by atoms with E-state index in [1.165, 1.54) is 9.08 Å². The molecule has 2 aromatic carbocycles. The summed E-state index contributed by atoms with van der Waals surface area (Å²) in [5.41, 5.74) is 1.90. The van der Waals surface area contributed by atoms with Crippen LogP contribution >= 0.6 is 0 Å². The molecule has 2 heterocycles. The van der Waals surface area contributed by atoms with Crippen molar-refractivity contribution >= 4 is 17.2 Å². The Morgan fingerprint density at radius 1 is 1.03 bits per heavy atom. The number of pyridine rings is 1. The third-order valence-electron chi connectivity index (χ3n) is 4.69. The molecule has 0 unspecified atom stereocenters. The predicted octanol–water partition coefficient (Wildman–Crippen LogP) is 2.96. The van der Waals surface area contributed by atoms with Crippen molar-refractivity contribution in [3.05, 3.63) is 89.0 Å². The van der Waals surface area contributed by atoms with E-state index in [2.05, 4.69) is 10.4 Å². The van der Waals surface area contributed by atoms with Crippen LogP contribution in [-0.4, -0.2) is 33.8 Å². The second-order valence-electron chi connectivity index (χ2n) is 6.89. The molecule has 0 aliphatic rings. The molecule has 31 heavy (non-hydrogen) atoms. The lowest BCUT2D eigenvalue weighted by Gasteiger charge is -2.09. The Labute approximate surface area is 178 Å². The lowest BCUT2D eigenvalue weighted by atomic mass is 10.2. The number of carbonyl (C=O) groups is 1. The van der Waals surface area contributed by atoms with Crippen molar-refractivity contribution in [1.82, 2.24) is 14.2 Å². The Morgan fingerprint density at radius 3 is 2.61 bits per heavy atom. The van der Waals surface area contributed by atoms with Crippen LogP contribution in [0.1, 0.15) is 12.0 Å². The number of methoxy groups -OCH3 is 1. The van der Waals surface area contributed by atoms with Crippen LogP contribution in [0.2, 0.25) is 0 Å². The predicted molar refractivity (Wildman–Crippen MR) is 117 cm³/mol. The van der Waals surface area contributed by atoms with E-state index in [0.29, 0.717) is 23.6 Å². The number of hydrogen-bond acceptors (Lipinski definition) is 5. The van der Waals surface area contributed by atoms with E-state index in [9.17, 15) is 9.59 Å². The summed E-state index contributed by atoms with van der Waals surface area (Å²) in [6.07, 6.45) is 1.90. The van der Waals surface area contributed by atoms with Crippen LogP contribution in [0, 0.1) is 0 Å². The van der Waals surface area contributed by atoms with Gasteiger partial charge in [-0.05, 0) is 54.1 Å². The SMILES string of the molecule is COc1ccc(OCCC(=O)Nc2cccc(Cn3nc4ccccn4c3=O)c2)cc1. The first-order chi connectivity index (χ1) is 15.1. The minimum Gasteiger partial charge on any atom is -0.497 e. The number of fused-ring (bicyclic) bond motifs is 1. The smallest absolute Gasteiger partial charge is 0.350 e. The highest BCUT2D eigenvalue weighted by molar-refractivity contribution is 5.90. The van der Waals surface area contributed by atoms with Gasteiger partial charge in [-0.1, -0.05) is 18.2 Å². The fraction of sp³-hybridized carbons (Fsp3) is 0.174. The maximum absolute atomic E-state index is 12.4. The van der Waals surface area contributed by atoms with Gasteiger partial charge in [0.15, 0.2) is 5.65 Å². The minimum absolute atomic E-state index is 0.157. The normalized spacial score (nSPS) is 10.7. The number of amides is 1. The van der Waals surface area contributed by atoms with Gasteiger partial charge in [-0.3, -0.25) is 9.20 Å². The Balaban J connectivity index is 1.33. The highest BCUT2D eigenvalue weighted by Crippen LogP contribution is 2.17. The van der Waals surface area contributed by atoms with Crippen LogP contribution in [0.4, 0.5) is 5.69 Å². The molecule has 2 aromatic heterocycles. The van der Waals surface area contributed by atoms with Crippen LogP contribution in [0.3, 0.4) is 0 Å². The third-order valence-corrected chi connectivity index (χ3v) is 4.69. The molecule has 1 N–H and O–H groups in total. The van der Waals surface area contributed by atoms with E-state index in [4.69, 9.17) is 9.47 Å². The van der Waals surface area contributed by atoms with E-state index in [1.807, 2.05) is 24.3 Å². The maximum Gasteiger partial charge on any atom is 0.350 e. The lowest BCUT2D eigenvalue weighted by molar-refractivity contribution is -0.116. The van der Waals surface area contributed by atoms with Crippen molar-refractivity contribution in [3.8, 4) is 11.5 Å². The van der Waals surface area contributed by atoms with Crippen LogP contribution in [0.15, 0.2) is 77.7 Å². The molecule has 0 bridgehead atoms. The van der Waals surface area contributed by atoms with E-state index in [1.54, 1.807) is 55.8 Å². The zero-order valence-corrected chi connectivity index (χ0v) is 17.0. The van der Waals surface area contributed by atoms with Gasteiger partial charge in [0.1, 0.15) is 11.5 Å². The summed E-state index contributed by atoms with van der Waals surface area (Å²) in [5.74, 6) is 1.26. The molecule has 158 valence electrons. The van der Waals surface area contributed by atoms with Gasteiger partial charge < -0.3 is 14.8 Å². The van der Waals surface area contributed by atoms with Gasteiger partial charge in [0, 0.05) is 11.9 Å². The molecular weight excluding hydrogens is 396 g/mol. The van der Waals surface area contributed by atoms with Crippen LogP contribution in [-0.2, 0) is 11.3 Å². The quantitative estimate of drug-likeness (QED) is 0.475. The second-order valence-corrected chi connectivity index (χ2v) is 6.89. The zero-order valence-electron chi connectivity index (χ0n) is 17.0. The van der Waals surface area contributed by atoms with E-state index < -0.39 is 0 Å². The molecule has 0 atom stereocenters. The number of ether oxygens (including phenoxy) is 2. The largest absolute Gasteiger partial charge is 0.497 e. The number of aromatic nitrogens is 3. The number of benzene rings is 2. The molecule has 0 aliphatic heterocycles. The van der Waals surface area contributed by atoms with Gasteiger partial charge in [0.05, 0.1) is 26.7 Å². The molecule has 4 rings (SSSR count). The molecule has 8 heteroatoms. The average molecular weight is 418 g/mol. The number of nitrogens with zero attached hydrogens (tertiary/aromatic N) is 3. The summed E-state index contributed by atoms with van der Waals surface area (Å²) in [7, 11) is 1.60. The first-order valence-corrected chi connectivity index (χ1v) is 9.82. The molecular formula is C23H22N4O4. The Bertz CT molecular complexity index is 1240. The van der Waals surface area contributed by atoms with Crippen LogP contribution in [0.5, 0.6) is 11.5 Å². The summed E-state index contributed by atoms with van der Waals surface area (Å²) < 4.78 is 13.6. The molecule has 0 saturated heterocycles. The van der Waals surface area contributed by atoms with Crippen molar-refractivity contribution in [1.29, 1.82) is 0 Å². The molecule has 1 amide bonds. The van der Waals surface area contributed by atoms with Crippen molar-refractivity contribution in [2.75, 3.05) is 19.0 Å². The third kappa shape index (κ3) is 4.92. The van der Waals surface area contributed by atoms with E-state index in [-0.39, 0.29) is 24.6 Å². The highest BCUT2D eigenvalue weighted by Gasteiger charge is 2.08.